The Balaban J connectivity index is 2.12. The van der Waals surface area contributed by atoms with E-state index in [0.29, 0.717) is 12.0 Å². The van der Waals surface area contributed by atoms with Gasteiger partial charge in [0.25, 0.3) is 0 Å². The first-order chi connectivity index (χ1) is 12.6. The van der Waals surface area contributed by atoms with Crippen LogP contribution < -0.4 is 0 Å². The van der Waals surface area contributed by atoms with Crippen LogP contribution in [-0.2, 0) is 27.5 Å². The first-order valence-electron chi connectivity index (χ1n) is 8.36. The normalized spacial score (nSPS) is 11.7. The fourth-order valence-electron chi connectivity index (χ4n) is 3.24. The van der Waals surface area contributed by atoms with Crippen LogP contribution in [0.5, 0.6) is 0 Å². The van der Waals surface area contributed by atoms with Crippen LogP contribution in [0.25, 0.3) is 10.8 Å². The Morgan fingerprint density at radius 1 is 1.07 bits per heavy atom. The third kappa shape index (κ3) is 4.17. The minimum absolute atomic E-state index is 0.112. The summed E-state index contributed by atoms with van der Waals surface area (Å²) in [5, 5.41) is 10.7. The van der Waals surface area contributed by atoms with Gasteiger partial charge in [-0.25, -0.2) is 12.8 Å². The topological polar surface area (TPSA) is 71.4 Å². The van der Waals surface area contributed by atoms with Crippen molar-refractivity contribution in [2.24, 2.45) is 0 Å². The molecule has 0 saturated heterocycles. The van der Waals surface area contributed by atoms with Gasteiger partial charge in [0.05, 0.1) is 11.3 Å². The zero-order valence-corrected chi connectivity index (χ0v) is 15.8. The van der Waals surface area contributed by atoms with Gasteiger partial charge in [-0.3, -0.25) is 4.79 Å². The van der Waals surface area contributed by atoms with E-state index in [4.69, 9.17) is 0 Å². The van der Waals surface area contributed by atoms with E-state index in [1.54, 1.807) is 36.4 Å². The highest BCUT2D eigenvalue weighted by Gasteiger charge is 2.14. The van der Waals surface area contributed by atoms with Crippen molar-refractivity contribution in [2.75, 3.05) is 6.26 Å². The van der Waals surface area contributed by atoms with Crippen LogP contribution in [0.3, 0.4) is 0 Å². The van der Waals surface area contributed by atoms with E-state index < -0.39 is 15.8 Å². The van der Waals surface area contributed by atoms with Gasteiger partial charge in [-0.15, -0.1) is 0 Å². The molecule has 0 saturated carbocycles. The molecule has 3 aromatic carbocycles. The van der Waals surface area contributed by atoms with Gasteiger partial charge >= 0.3 is 5.97 Å². The van der Waals surface area contributed by atoms with Crippen molar-refractivity contribution in [3.8, 4) is 0 Å². The average molecular weight is 386 g/mol. The molecule has 0 fully saturated rings. The van der Waals surface area contributed by atoms with Crippen LogP contribution in [0.2, 0.25) is 0 Å². The van der Waals surface area contributed by atoms with Crippen LogP contribution >= 0.6 is 0 Å². The summed E-state index contributed by atoms with van der Waals surface area (Å²) in [6.07, 6.45) is 1.49. The summed E-state index contributed by atoms with van der Waals surface area (Å²) in [5.41, 5.74) is 3.20. The second-order valence-corrected chi connectivity index (χ2v) is 8.68. The number of carboxylic acid groups (broad SMARTS) is 1. The Hall–Kier alpha value is -2.73. The number of halogens is 1. The van der Waals surface area contributed by atoms with Crippen molar-refractivity contribution in [3.63, 3.8) is 0 Å². The van der Waals surface area contributed by atoms with Crippen molar-refractivity contribution in [1.82, 2.24) is 0 Å². The van der Waals surface area contributed by atoms with Crippen LogP contribution in [0.15, 0.2) is 53.4 Å². The molecule has 0 atom stereocenters. The van der Waals surface area contributed by atoms with E-state index in [1.165, 1.54) is 12.1 Å². The molecule has 4 nitrogen and oxygen atoms in total. The molecular formula is C21H19FO4S. The van der Waals surface area contributed by atoms with Crippen LogP contribution in [0.1, 0.15) is 22.3 Å². The zero-order valence-electron chi connectivity index (χ0n) is 15.0. The SMILES string of the molecule is Cc1c(CC(=O)O)cc2ccc(F)cc2c1Cc1ccc(S(C)(=O)=O)cc1. The van der Waals surface area contributed by atoms with Gasteiger partial charge in [0, 0.05) is 6.26 Å². The van der Waals surface area contributed by atoms with Gasteiger partial charge in [0.1, 0.15) is 5.82 Å². The first-order valence-corrected chi connectivity index (χ1v) is 10.3. The number of carboxylic acids is 1. The standard InChI is InChI=1S/C21H19FO4S/c1-13-16(11-21(23)24)10-15-5-6-17(22)12-20(15)19(13)9-14-3-7-18(8-4-14)27(2,25)26/h3-8,10,12H,9,11H2,1-2H3,(H,23,24). The fraction of sp³-hybridized carbons (Fsp3) is 0.190. The maximum Gasteiger partial charge on any atom is 0.307 e. The summed E-state index contributed by atoms with van der Waals surface area (Å²) in [6, 6.07) is 12.8. The molecule has 27 heavy (non-hydrogen) atoms. The highest BCUT2D eigenvalue weighted by Crippen LogP contribution is 2.29. The lowest BCUT2D eigenvalue weighted by atomic mass is 9.90. The number of rotatable bonds is 5. The molecule has 0 aliphatic carbocycles. The maximum atomic E-state index is 13.8. The van der Waals surface area contributed by atoms with Crippen LogP contribution in [-0.4, -0.2) is 25.7 Å². The van der Waals surface area contributed by atoms with Crippen molar-refractivity contribution in [1.29, 1.82) is 0 Å². The monoisotopic (exact) mass is 386 g/mol. The van der Waals surface area contributed by atoms with E-state index in [2.05, 4.69) is 0 Å². The molecule has 0 bridgehead atoms. The highest BCUT2D eigenvalue weighted by atomic mass is 32.2. The second-order valence-electron chi connectivity index (χ2n) is 6.67. The van der Waals surface area contributed by atoms with Gasteiger partial charge in [-0.2, -0.15) is 0 Å². The van der Waals surface area contributed by atoms with Crippen LogP contribution in [0.4, 0.5) is 4.39 Å². The minimum Gasteiger partial charge on any atom is -0.481 e. The number of aliphatic carboxylic acids is 1. The highest BCUT2D eigenvalue weighted by molar-refractivity contribution is 7.90. The molecule has 0 spiro atoms. The van der Waals surface area contributed by atoms with Crippen LogP contribution in [0, 0.1) is 12.7 Å². The molecule has 0 heterocycles. The molecule has 1 N–H and O–H groups in total. The fourth-order valence-corrected chi connectivity index (χ4v) is 3.87. The van der Waals surface area contributed by atoms with Crippen molar-refractivity contribution in [3.05, 3.63) is 76.6 Å². The third-order valence-corrected chi connectivity index (χ3v) is 5.81. The van der Waals surface area contributed by atoms with E-state index in [0.717, 1.165) is 33.7 Å². The summed E-state index contributed by atoms with van der Waals surface area (Å²) in [6.45, 7) is 1.84. The summed E-state index contributed by atoms with van der Waals surface area (Å²) < 4.78 is 37.1. The number of benzene rings is 3. The molecule has 0 unspecified atom stereocenters. The van der Waals surface area contributed by atoms with Crippen molar-refractivity contribution >= 4 is 26.6 Å². The van der Waals surface area contributed by atoms with E-state index in [9.17, 15) is 22.7 Å². The number of fused-ring (bicyclic) bond motifs is 1. The number of carbonyl (C=O) groups is 1. The number of hydrogen-bond donors (Lipinski definition) is 1. The Kier molecular flexibility index (Phi) is 5.02. The van der Waals surface area contributed by atoms with Gasteiger partial charge < -0.3 is 5.11 Å². The Morgan fingerprint density at radius 2 is 1.74 bits per heavy atom. The predicted molar refractivity (Wildman–Crippen MR) is 102 cm³/mol. The second kappa shape index (κ2) is 7.12. The smallest absolute Gasteiger partial charge is 0.307 e. The quantitative estimate of drug-likeness (QED) is 0.722. The Morgan fingerprint density at radius 3 is 2.33 bits per heavy atom. The lowest BCUT2D eigenvalue weighted by molar-refractivity contribution is -0.136. The summed E-state index contributed by atoms with van der Waals surface area (Å²) in [7, 11) is -3.28. The number of sulfone groups is 1. The van der Waals surface area contributed by atoms with E-state index in [-0.39, 0.29) is 17.1 Å². The molecule has 3 aromatic rings. The van der Waals surface area contributed by atoms with Crippen molar-refractivity contribution < 1.29 is 22.7 Å². The predicted octanol–water partition coefficient (Wildman–Crippen LogP) is 3.91. The molecule has 140 valence electrons. The van der Waals surface area contributed by atoms with Gasteiger partial charge in [0.2, 0.25) is 0 Å². The Labute approximate surface area is 157 Å². The molecule has 0 aromatic heterocycles. The van der Waals surface area contributed by atoms with Crippen molar-refractivity contribution in [2.45, 2.75) is 24.7 Å². The summed E-state index contributed by atoms with van der Waals surface area (Å²) in [4.78, 5) is 11.4. The summed E-state index contributed by atoms with van der Waals surface area (Å²) >= 11 is 0. The first kappa shape index (κ1) is 19.0. The van der Waals surface area contributed by atoms with Gasteiger partial charge in [-0.1, -0.05) is 24.3 Å². The lowest BCUT2D eigenvalue weighted by Gasteiger charge is -2.15. The van der Waals surface area contributed by atoms with E-state index >= 15 is 0 Å². The average Bonchev–Trinajstić information content (AvgIpc) is 2.58. The minimum atomic E-state index is -3.28. The molecule has 0 aliphatic rings. The molecule has 3 rings (SSSR count). The van der Waals surface area contributed by atoms with Gasteiger partial charge in [0.15, 0.2) is 9.84 Å². The number of hydrogen-bond acceptors (Lipinski definition) is 3. The van der Waals surface area contributed by atoms with Gasteiger partial charge in [-0.05, 0) is 70.6 Å². The Bertz CT molecular complexity index is 1130. The van der Waals surface area contributed by atoms with E-state index in [1.807, 2.05) is 6.92 Å². The largest absolute Gasteiger partial charge is 0.481 e. The third-order valence-electron chi connectivity index (χ3n) is 4.68. The lowest BCUT2D eigenvalue weighted by Crippen LogP contribution is -2.05. The summed E-state index contributed by atoms with van der Waals surface area (Å²) in [5.74, 6) is -1.29. The molecule has 0 amide bonds. The zero-order chi connectivity index (χ0) is 19.8. The molecule has 6 heteroatoms. The maximum absolute atomic E-state index is 13.8. The molecule has 0 aliphatic heterocycles. The molecule has 0 radical (unpaired) electrons. The molecular weight excluding hydrogens is 367 g/mol.